The second-order valence-corrected chi connectivity index (χ2v) is 8.71. The zero-order valence-electron chi connectivity index (χ0n) is 18.5. The van der Waals surface area contributed by atoms with Crippen molar-refractivity contribution in [1.82, 2.24) is 4.90 Å². The Hall–Kier alpha value is -2.54. The molecule has 7 heteroatoms. The van der Waals surface area contributed by atoms with Crippen LogP contribution in [0.2, 0.25) is 0 Å². The highest BCUT2D eigenvalue weighted by Gasteiger charge is 2.41. The number of amides is 1. The van der Waals surface area contributed by atoms with E-state index in [9.17, 15) is 18.0 Å². The molecule has 0 N–H and O–H groups in total. The van der Waals surface area contributed by atoms with Crippen molar-refractivity contribution in [2.45, 2.75) is 38.3 Å². The third-order valence-electron chi connectivity index (χ3n) is 6.81. The summed E-state index contributed by atoms with van der Waals surface area (Å²) in [5.41, 5.74) is 0.796. The predicted octanol–water partition coefficient (Wildman–Crippen LogP) is 5.12. The quantitative estimate of drug-likeness (QED) is 0.639. The van der Waals surface area contributed by atoms with Crippen molar-refractivity contribution < 1.29 is 22.7 Å². The average molecular weight is 447 g/mol. The van der Waals surface area contributed by atoms with Gasteiger partial charge in [-0.25, -0.2) is 0 Å². The maximum absolute atomic E-state index is 14.0. The lowest BCUT2D eigenvalue weighted by atomic mass is 9.82. The second kappa shape index (κ2) is 9.14. The summed E-state index contributed by atoms with van der Waals surface area (Å²) >= 11 is 0. The van der Waals surface area contributed by atoms with Crippen LogP contribution in [0.1, 0.15) is 42.4 Å². The van der Waals surface area contributed by atoms with Crippen LogP contribution in [0.5, 0.6) is 5.75 Å². The van der Waals surface area contributed by atoms with Crippen LogP contribution in [0.3, 0.4) is 0 Å². The minimum Gasteiger partial charge on any atom is -0.497 e. The van der Waals surface area contributed by atoms with Gasteiger partial charge in [0.2, 0.25) is 5.91 Å². The Labute approximate surface area is 187 Å². The summed E-state index contributed by atoms with van der Waals surface area (Å²) in [4.78, 5) is 17.5. The smallest absolute Gasteiger partial charge is 0.416 e. The van der Waals surface area contributed by atoms with E-state index in [1.165, 1.54) is 6.07 Å². The summed E-state index contributed by atoms with van der Waals surface area (Å²) in [5, 5.41) is 0. The van der Waals surface area contributed by atoms with Gasteiger partial charge in [0.1, 0.15) is 5.75 Å². The molecule has 172 valence electrons. The van der Waals surface area contributed by atoms with Gasteiger partial charge in [0.15, 0.2) is 0 Å². The molecule has 2 aliphatic rings. The molecule has 0 radical (unpaired) electrons. The number of rotatable bonds is 5. The second-order valence-electron chi connectivity index (χ2n) is 8.71. The molecule has 1 saturated heterocycles. The van der Waals surface area contributed by atoms with E-state index in [-0.39, 0.29) is 23.8 Å². The molecular weight excluding hydrogens is 417 g/mol. The Balaban J connectivity index is 1.75. The Morgan fingerprint density at radius 1 is 1.03 bits per heavy atom. The number of fused-ring (bicyclic) bond motifs is 1. The molecule has 0 spiro atoms. The van der Waals surface area contributed by atoms with E-state index in [4.69, 9.17) is 4.74 Å². The topological polar surface area (TPSA) is 32.8 Å². The monoisotopic (exact) mass is 446 g/mol. The van der Waals surface area contributed by atoms with Crippen LogP contribution in [-0.4, -0.2) is 44.1 Å². The Morgan fingerprint density at radius 3 is 2.34 bits per heavy atom. The molecule has 0 aliphatic carbocycles. The molecule has 1 amide bonds. The first kappa shape index (κ1) is 22.6. The predicted molar refractivity (Wildman–Crippen MR) is 118 cm³/mol. The van der Waals surface area contributed by atoms with Crippen LogP contribution in [0.4, 0.5) is 18.9 Å². The zero-order valence-corrected chi connectivity index (χ0v) is 18.5. The Kier molecular flexibility index (Phi) is 6.47. The summed E-state index contributed by atoms with van der Waals surface area (Å²) in [5.74, 6) is -0.254. The van der Waals surface area contributed by atoms with Crippen LogP contribution in [-0.2, 0) is 17.4 Å². The molecule has 2 aromatic carbocycles. The molecule has 2 aromatic rings. The van der Waals surface area contributed by atoms with Crippen molar-refractivity contribution in [2.75, 3.05) is 38.2 Å². The van der Waals surface area contributed by atoms with Crippen LogP contribution in [0, 0.1) is 5.92 Å². The molecule has 2 atom stereocenters. The van der Waals surface area contributed by atoms with Crippen molar-refractivity contribution in [1.29, 1.82) is 0 Å². The van der Waals surface area contributed by atoms with E-state index >= 15 is 0 Å². The Bertz CT molecular complexity index is 953. The summed E-state index contributed by atoms with van der Waals surface area (Å²) in [6, 6.07) is 11.5. The van der Waals surface area contributed by atoms with E-state index < -0.39 is 17.7 Å². The summed E-state index contributed by atoms with van der Waals surface area (Å²) in [6.45, 7) is 4.84. The van der Waals surface area contributed by atoms with Crippen LogP contribution < -0.4 is 9.64 Å². The fourth-order valence-corrected chi connectivity index (χ4v) is 4.98. The van der Waals surface area contributed by atoms with Gasteiger partial charge < -0.3 is 14.5 Å². The SMILES string of the molecule is COc1ccc([C@@H]2Cc3c(cccc3C(F)(F)F)N(CCN3CCCC3)C(=O)[C@@H]2C)cc1. The van der Waals surface area contributed by atoms with Gasteiger partial charge in [-0.3, -0.25) is 4.79 Å². The number of methoxy groups -OCH3 is 1. The van der Waals surface area contributed by atoms with Gasteiger partial charge in [-0.15, -0.1) is 0 Å². The molecule has 32 heavy (non-hydrogen) atoms. The summed E-state index contributed by atoms with van der Waals surface area (Å²) in [7, 11) is 1.57. The molecule has 2 aliphatic heterocycles. The molecule has 2 heterocycles. The largest absolute Gasteiger partial charge is 0.497 e. The molecule has 0 saturated carbocycles. The van der Waals surface area contributed by atoms with Gasteiger partial charge in [-0.2, -0.15) is 13.2 Å². The zero-order chi connectivity index (χ0) is 22.9. The number of carbonyl (C=O) groups excluding carboxylic acids is 1. The number of halogens is 3. The number of alkyl halides is 3. The van der Waals surface area contributed by atoms with Gasteiger partial charge in [0, 0.05) is 24.7 Å². The van der Waals surface area contributed by atoms with Crippen molar-refractivity contribution in [3.63, 3.8) is 0 Å². The van der Waals surface area contributed by atoms with Crippen molar-refractivity contribution in [3.05, 3.63) is 59.2 Å². The van der Waals surface area contributed by atoms with Crippen molar-refractivity contribution in [3.8, 4) is 5.75 Å². The number of anilines is 1. The number of hydrogen-bond acceptors (Lipinski definition) is 3. The lowest BCUT2D eigenvalue weighted by Crippen LogP contribution is -2.41. The fraction of sp³-hybridized carbons (Fsp3) is 0.480. The van der Waals surface area contributed by atoms with Crippen LogP contribution in [0.25, 0.3) is 0 Å². The molecular formula is C25H29F3N2O2. The van der Waals surface area contributed by atoms with Crippen LogP contribution >= 0.6 is 0 Å². The highest BCUT2D eigenvalue weighted by molar-refractivity contribution is 5.97. The fourth-order valence-electron chi connectivity index (χ4n) is 4.98. The minimum atomic E-state index is -4.48. The summed E-state index contributed by atoms with van der Waals surface area (Å²) in [6.07, 6.45) is -2.07. The Morgan fingerprint density at radius 2 is 1.72 bits per heavy atom. The standard InChI is InChI=1S/C25H29F3N2O2/c1-17-20(18-8-10-19(32-2)11-9-18)16-21-22(25(26,27)28)6-5-7-23(21)30(24(17)31)15-14-29-12-3-4-13-29/h5-11,17,20H,3-4,12-16H2,1-2H3/t17-,20-/m1/s1. The number of ether oxygens (including phenoxy) is 1. The molecule has 4 nitrogen and oxygen atoms in total. The lowest BCUT2D eigenvalue weighted by molar-refractivity contribution is -0.138. The molecule has 0 unspecified atom stereocenters. The van der Waals surface area contributed by atoms with Gasteiger partial charge in [0.05, 0.1) is 12.7 Å². The maximum atomic E-state index is 14.0. The first-order valence-electron chi connectivity index (χ1n) is 11.2. The van der Waals surface area contributed by atoms with E-state index in [2.05, 4.69) is 4.90 Å². The van der Waals surface area contributed by atoms with Gasteiger partial charge >= 0.3 is 6.18 Å². The molecule has 1 fully saturated rings. The minimum absolute atomic E-state index is 0.122. The summed E-state index contributed by atoms with van der Waals surface area (Å²) < 4.78 is 47.1. The average Bonchev–Trinajstić information content (AvgIpc) is 3.27. The number of nitrogens with zero attached hydrogens (tertiary/aromatic N) is 2. The van der Waals surface area contributed by atoms with Crippen molar-refractivity contribution >= 4 is 11.6 Å². The molecule has 0 aromatic heterocycles. The van der Waals surface area contributed by atoms with Gasteiger partial charge in [0.25, 0.3) is 0 Å². The van der Waals surface area contributed by atoms with Gasteiger partial charge in [-0.05, 0) is 73.7 Å². The van der Waals surface area contributed by atoms with Crippen LogP contribution in [0.15, 0.2) is 42.5 Å². The first-order valence-corrected chi connectivity index (χ1v) is 11.2. The van der Waals surface area contributed by atoms with E-state index in [0.29, 0.717) is 24.5 Å². The first-order chi connectivity index (χ1) is 15.3. The molecule has 4 rings (SSSR count). The van der Waals surface area contributed by atoms with Crippen molar-refractivity contribution in [2.24, 2.45) is 5.92 Å². The lowest BCUT2D eigenvalue weighted by Gasteiger charge is -2.28. The maximum Gasteiger partial charge on any atom is 0.416 e. The highest BCUT2D eigenvalue weighted by atomic mass is 19.4. The van der Waals surface area contributed by atoms with Gasteiger partial charge in [-0.1, -0.05) is 25.1 Å². The highest BCUT2D eigenvalue weighted by Crippen LogP contribution is 2.43. The third-order valence-corrected chi connectivity index (χ3v) is 6.81. The molecule has 0 bridgehead atoms. The van der Waals surface area contributed by atoms with E-state index in [1.54, 1.807) is 30.2 Å². The van der Waals surface area contributed by atoms with E-state index in [0.717, 1.165) is 37.6 Å². The number of likely N-dealkylation sites (tertiary alicyclic amines) is 1. The third kappa shape index (κ3) is 4.49. The van der Waals surface area contributed by atoms with E-state index in [1.807, 2.05) is 19.1 Å². The number of benzene rings is 2. The number of carbonyl (C=O) groups is 1. The normalized spacial score (nSPS) is 22.0. The number of hydrogen-bond donors (Lipinski definition) is 0.